The van der Waals surface area contributed by atoms with Gasteiger partial charge in [0.25, 0.3) is 0 Å². The minimum Gasteiger partial charge on any atom is -0.496 e. The van der Waals surface area contributed by atoms with E-state index in [0.29, 0.717) is 0 Å². The van der Waals surface area contributed by atoms with Gasteiger partial charge in [-0.1, -0.05) is 12.1 Å². The van der Waals surface area contributed by atoms with Gasteiger partial charge in [0.15, 0.2) is 0 Å². The largest absolute Gasteiger partial charge is 0.496 e. The molecule has 1 N–H and O–H groups in total. The van der Waals surface area contributed by atoms with Crippen molar-refractivity contribution in [2.24, 2.45) is 0 Å². The number of nitrogens with one attached hydrogen (secondary N) is 1. The third kappa shape index (κ3) is 3.76. The molecule has 0 atom stereocenters. The first-order valence-corrected chi connectivity index (χ1v) is 6.31. The Morgan fingerprint density at radius 2 is 1.95 bits per heavy atom. The Kier molecular flexibility index (Phi) is 4.47. The van der Waals surface area contributed by atoms with E-state index in [0.717, 1.165) is 35.8 Å². The molecule has 0 aliphatic heterocycles. The normalized spacial score (nSPS) is 10.5. The number of aryl methyl sites for hydroxylation is 2. The average Bonchev–Trinajstić information content (AvgIpc) is 2.41. The van der Waals surface area contributed by atoms with Crippen LogP contribution < -0.4 is 10.1 Å². The van der Waals surface area contributed by atoms with E-state index in [4.69, 9.17) is 4.74 Å². The van der Waals surface area contributed by atoms with Crippen LogP contribution in [0.25, 0.3) is 0 Å². The first kappa shape index (κ1) is 13.5. The molecule has 0 spiro atoms. The van der Waals surface area contributed by atoms with Crippen molar-refractivity contribution in [1.82, 2.24) is 15.3 Å². The summed E-state index contributed by atoms with van der Waals surface area (Å²) < 4.78 is 5.25. The Balaban J connectivity index is 1.88. The molecule has 1 aromatic heterocycles. The molecule has 2 aromatic rings. The molecule has 100 valence electrons. The zero-order valence-electron chi connectivity index (χ0n) is 11.6. The summed E-state index contributed by atoms with van der Waals surface area (Å²) in [5.41, 5.74) is 4.28. The molecule has 0 saturated carbocycles. The SMILES string of the molecule is COc1ccc(CNCc2cnc(C)cn2)cc1C. The zero-order chi connectivity index (χ0) is 13.7. The second-order valence-corrected chi connectivity index (χ2v) is 4.56. The van der Waals surface area contributed by atoms with Gasteiger partial charge < -0.3 is 10.1 Å². The van der Waals surface area contributed by atoms with Crippen LogP contribution in [0.5, 0.6) is 5.75 Å². The van der Waals surface area contributed by atoms with Crippen molar-refractivity contribution in [3.05, 3.63) is 53.1 Å². The molecule has 0 aliphatic carbocycles. The molecule has 0 radical (unpaired) electrons. The summed E-state index contributed by atoms with van der Waals surface area (Å²) >= 11 is 0. The highest BCUT2D eigenvalue weighted by Crippen LogP contribution is 2.18. The maximum absolute atomic E-state index is 5.25. The molecule has 0 fully saturated rings. The highest BCUT2D eigenvalue weighted by atomic mass is 16.5. The van der Waals surface area contributed by atoms with E-state index in [1.165, 1.54) is 5.56 Å². The van der Waals surface area contributed by atoms with Crippen LogP contribution in [-0.4, -0.2) is 17.1 Å². The van der Waals surface area contributed by atoms with E-state index in [9.17, 15) is 0 Å². The second kappa shape index (κ2) is 6.29. The van der Waals surface area contributed by atoms with E-state index in [1.54, 1.807) is 13.3 Å². The minimum atomic E-state index is 0.721. The first-order valence-electron chi connectivity index (χ1n) is 6.31. The van der Waals surface area contributed by atoms with Crippen LogP contribution in [0.3, 0.4) is 0 Å². The maximum atomic E-state index is 5.25. The molecule has 0 unspecified atom stereocenters. The summed E-state index contributed by atoms with van der Waals surface area (Å²) in [4.78, 5) is 8.53. The summed E-state index contributed by atoms with van der Waals surface area (Å²) in [7, 11) is 1.69. The summed E-state index contributed by atoms with van der Waals surface area (Å²) in [5, 5.41) is 3.36. The number of hydrogen-bond donors (Lipinski definition) is 1. The third-order valence-electron chi connectivity index (χ3n) is 2.93. The van der Waals surface area contributed by atoms with Gasteiger partial charge in [0.05, 0.1) is 18.5 Å². The van der Waals surface area contributed by atoms with Gasteiger partial charge in [0.2, 0.25) is 0 Å². The Bertz CT molecular complexity index is 538. The Morgan fingerprint density at radius 1 is 1.11 bits per heavy atom. The molecule has 4 nitrogen and oxygen atoms in total. The van der Waals surface area contributed by atoms with Crippen LogP contribution in [-0.2, 0) is 13.1 Å². The number of benzene rings is 1. The highest BCUT2D eigenvalue weighted by molar-refractivity contribution is 5.36. The summed E-state index contributed by atoms with van der Waals surface area (Å²) in [6, 6.07) is 6.20. The minimum absolute atomic E-state index is 0.721. The molecule has 0 saturated heterocycles. The van der Waals surface area contributed by atoms with E-state index < -0.39 is 0 Å². The number of ether oxygens (including phenoxy) is 1. The Hall–Kier alpha value is -1.94. The van der Waals surface area contributed by atoms with E-state index >= 15 is 0 Å². The summed E-state index contributed by atoms with van der Waals surface area (Å²) in [5.74, 6) is 0.924. The van der Waals surface area contributed by atoms with Gasteiger partial charge in [-0.2, -0.15) is 0 Å². The lowest BCUT2D eigenvalue weighted by Crippen LogP contribution is -2.14. The fraction of sp³-hybridized carbons (Fsp3) is 0.333. The molecule has 0 aliphatic rings. The van der Waals surface area contributed by atoms with Gasteiger partial charge in [0.1, 0.15) is 5.75 Å². The molecular formula is C15H19N3O. The van der Waals surface area contributed by atoms with E-state index in [-0.39, 0.29) is 0 Å². The van der Waals surface area contributed by atoms with Crippen LogP contribution >= 0.6 is 0 Å². The molecule has 4 heteroatoms. The first-order chi connectivity index (χ1) is 9.19. The van der Waals surface area contributed by atoms with Crippen LogP contribution in [0.15, 0.2) is 30.6 Å². The van der Waals surface area contributed by atoms with Crippen LogP contribution in [0.2, 0.25) is 0 Å². The third-order valence-corrected chi connectivity index (χ3v) is 2.93. The molecule has 2 rings (SSSR count). The van der Waals surface area contributed by atoms with Gasteiger partial charge in [0, 0.05) is 25.5 Å². The van der Waals surface area contributed by atoms with Gasteiger partial charge in [-0.05, 0) is 31.0 Å². The van der Waals surface area contributed by atoms with Gasteiger partial charge in [-0.15, -0.1) is 0 Å². The van der Waals surface area contributed by atoms with Crippen molar-refractivity contribution < 1.29 is 4.74 Å². The fourth-order valence-electron chi connectivity index (χ4n) is 1.90. The summed E-state index contributed by atoms with van der Waals surface area (Å²) in [6.07, 6.45) is 3.59. The van der Waals surface area contributed by atoms with Crippen molar-refractivity contribution >= 4 is 0 Å². The zero-order valence-corrected chi connectivity index (χ0v) is 11.6. The van der Waals surface area contributed by atoms with Gasteiger partial charge in [-0.3, -0.25) is 9.97 Å². The van der Waals surface area contributed by atoms with Crippen molar-refractivity contribution in [1.29, 1.82) is 0 Å². The lowest BCUT2D eigenvalue weighted by atomic mass is 10.1. The average molecular weight is 257 g/mol. The summed E-state index contributed by atoms with van der Waals surface area (Å²) in [6.45, 7) is 5.51. The maximum Gasteiger partial charge on any atom is 0.121 e. The predicted molar refractivity (Wildman–Crippen MR) is 75.0 cm³/mol. The van der Waals surface area contributed by atoms with Crippen molar-refractivity contribution in [2.45, 2.75) is 26.9 Å². The van der Waals surface area contributed by atoms with Gasteiger partial charge in [-0.25, -0.2) is 0 Å². The lowest BCUT2D eigenvalue weighted by molar-refractivity contribution is 0.411. The standard InChI is InChI=1S/C15H19N3O/c1-11-6-13(4-5-15(11)19-3)8-16-9-14-10-17-12(2)7-18-14/h4-7,10,16H,8-9H2,1-3H3. The van der Waals surface area contributed by atoms with Crippen LogP contribution in [0.1, 0.15) is 22.5 Å². The monoisotopic (exact) mass is 257 g/mol. The lowest BCUT2D eigenvalue weighted by Gasteiger charge is -2.08. The van der Waals surface area contributed by atoms with Crippen molar-refractivity contribution in [3.8, 4) is 5.75 Å². The second-order valence-electron chi connectivity index (χ2n) is 4.56. The molecule has 0 bridgehead atoms. The number of methoxy groups -OCH3 is 1. The highest BCUT2D eigenvalue weighted by Gasteiger charge is 2.00. The smallest absolute Gasteiger partial charge is 0.121 e. The predicted octanol–water partition coefficient (Wildman–Crippen LogP) is 2.39. The number of aromatic nitrogens is 2. The Labute approximate surface area is 113 Å². The Morgan fingerprint density at radius 3 is 2.58 bits per heavy atom. The molecule has 0 amide bonds. The van der Waals surface area contributed by atoms with Crippen molar-refractivity contribution in [3.63, 3.8) is 0 Å². The van der Waals surface area contributed by atoms with E-state index in [1.807, 2.05) is 26.1 Å². The van der Waals surface area contributed by atoms with Crippen molar-refractivity contribution in [2.75, 3.05) is 7.11 Å². The molecular weight excluding hydrogens is 238 g/mol. The molecule has 1 heterocycles. The van der Waals surface area contributed by atoms with Crippen LogP contribution in [0, 0.1) is 13.8 Å². The van der Waals surface area contributed by atoms with Gasteiger partial charge >= 0.3 is 0 Å². The fourth-order valence-corrected chi connectivity index (χ4v) is 1.90. The quantitative estimate of drug-likeness (QED) is 0.893. The number of nitrogens with zero attached hydrogens (tertiary/aromatic N) is 2. The van der Waals surface area contributed by atoms with Crippen LogP contribution in [0.4, 0.5) is 0 Å². The molecule has 1 aromatic carbocycles. The molecule has 19 heavy (non-hydrogen) atoms. The topological polar surface area (TPSA) is 47.0 Å². The number of rotatable bonds is 5. The number of hydrogen-bond acceptors (Lipinski definition) is 4. The van der Waals surface area contributed by atoms with E-state index in [2.05, 4.69) is 27.4 Å².